The maximum Gasteiger partial charge on any atom is 0.305 e. The molecule has 2 heterocycles. The van der Waals surface area contributed by atoms with Crippen LogP contribution in [0.15, 0.2) is 0 Å². The van der Waals surface area contributed by atoms with E-state index in [-0.39, 0.29) is 5.97 Å². The number of likely N-dealkylation sites (tertiary alicyclic amines) is 1. The minimum absolute atomic E-state index is 0.148. The van der Waals surface area contributed by atoms with Crippen LogP contribution in [0.2, 0.25) is 0 Å². The molecule has 1 aliphatic rings. The molecule has 4 nitrogen and oxygen atoms in total. The third-order valence-electron chi connectivity index (χ3n) is 3.43. The van der Waals surface area contributed by atoms with Crippen LogP contribution >= 0.6 is 11.3 Å². The zero-order valence-corrected chi connectivity index (χ0v) is 12.0. The molecule has 1 unspecified atom stereocenters. The summed E-state index contributed by atoms with van der Waals surface area (Å²) < 4.78 is 4.67. The molecule has 0 saturated carbocycles. The fraction of sp³-hybridized carbons (Fsp3) is 0.692. The zero-order chi connectivity index (χ0) is 13.1. The molecule has 2 rings (SSSR count). The first-order valence-corrected chi connectivity index (χ1v) is 7.13. The Kier molecular flexibility index (Phi) is 4.35. The van der Waals surface area contributed by atoms with Gasteiger partial charge in [0, 0.05) is 17.3 Å². The number of thiazole rings is 1. The molecule has 0 aliphatic carbocycles. The van der Waals surface area contributed by atoms with E-state index < -0.39 is 0 Å². The van der Waals surface area contributed by atoms with Crippen LogP contribution in [0.25, 0.3) is 0 Å². The monoisotopic (exact) mass is 268 g/mol. The van der Waals surface area contributed by atoms with Gasteiger partial charge in [-0.3, -0.25) is 4.79 Å². The highest BCUT2D eigenvalue weighted by molar-refractivity contribution is 7.11. The number of rotatable bonds is 4. The predicted octanol–water partition coefficient (Wildman–Crippen LogP) is 1.98. The first-order valence-electron chi connectivity index (χ1n) is 6.31. The molecule has 1 aromatic rings. The van der Waals surface area contributed by atoms with Gasteiger partial charge in [-0.05, 0) is 33.4 Å². The molecule has 0 spiro atoms. The summed E-state index contributed by atoms with van der Waals surface area (Å²) in [5.74, 6) is 0.426. The Bertz CT molecular complexity index is 431. The lowest BCUT2D eigenvalue weighted by Gasteiger charge is -2.06. The second kappa shape index (κ2) is 5.80. The van der Waals surface area contributed by atoms with E-state index in [0.29, 0.717) is 12.3 Å². The molecule has 0 aromatic carbocycles. The van der Waals surface area contributed by atoms with E-state index in [1.165, 1.54) is 23.4 Å². The number of carbonyl (C=O) groups is 1. The van der Waals surface area contributed by atoms with Gasteiger partial charge in [0.1, 0.15) is 0 Å². The molecule has 0 radical (unpaired) electrons. The van der Waals surface area contributed by atoms with E-state index in [0.717, 1.165) is 25.2 Å². The standard InChI is InChI=1S/C13H20N2O2S/c1-9-11(4-5-12(16)17-3)18-13(14-9)10-6-7-15(2)8-10/h10H,4-8H2,1-3H3. The van der Waals surface area contributed by atoms with Crippen LogP contribution in [-0.2, 0) is 16.0 Å². The van der Waals surface area contributed by atoms with Crippen molar-refractivity contribution in [3.8, 4) is 0 Å². The second-order valence-corrected chi connectivity index (χ2v) is 6.00. The van der Waals surface area contributed by atoms with E-state index in [4.69, 9.17) is 0 Å². The molecule has 1 atom stereocenters. The number of aryl methyl sites for hydroxylation is 2. The van der Waals surface area contributed by atoms with Gasteiger partial charge >= 0.3 is 5.97 Å². The Labute approximate surface area is 112 Å². The lowest BCUT2D eigenvalue weighted by atomic mass is 10.1. The molecule has 1 saturated heterocycles. The van der Waals surface area contributed by atoms with Crippen LogP contribution < -0.4 is 0 Å². The molecular weight excluding hydrogens is 248 g/mol. The summed E-state index contributed by atoms with van der Waals surface area (Å²) in [6.45, 7) is 4.29. The molecular formula is C13H20N2O2S. The summed E-state index contributed by atoms with van der Waals surface area (Å²) in [6, 6.07) is 0. The van der Waals surface area contributed by atoms with Crippen molar-refractivity contribution in [1.29, 1.82) is 0 Å². The quantitative estimate of drug-likeness (QED) is 0.783. The number of aromatic nitrogens is 1. The summed E-state index contributed by atoms with van der Waals surface area (Å²) in [7, 11) is 3.58. The number of likely N-dealkylation sites (N-methyl/N-ethyl adjacent to an activating group) is 1. The summed E-state index contributed by atoms with van der Waals surface area (Å²) in [4.78, 5) is 19.4. The summed E-state index contributed by atoms with van der Waals surface area (Å²) in [5.41, 5.74) is 1.08. The first-order chi connectivity index (χ1) is 8.60. The Morgan fingerprint density at radius 1 is 1.61 bits per heavy atom. The van der Waals surface area contributed by atoms with Gasteiger partial charge in [-0.25, -0.2) is 4.98 Å². The van der Waals surface area contributed by atoms with Crippen molar-refractivity contribution in [1.82, 2.24) is 9.88 Å². The second-order valence-electron chi connectivity index (χ2n) is 4.88. The van der Waals surface area contributed by atoms with Gasteiger partial charge < -0.3 is 9.64 Å². The minimum atomic E-state index is -0.148. The van der Waals surface area contributed by atoms with Crippen LogP contribution in [0.4, 0.5) is 0 Å². The largest absolute Gasteiger partial charge is 0.469 e. The van der Waals surface area contributed by atoms with Gasteiger partial charge in [0.25, 0.3) is 0 Å². The molecule has 0 N–H and O–H groups in total. The lowest BCUT2D eigenvalue weighted by molar-refractivity contribution is -0.140. The summed E-state index contributed by atoms with van der Waals surface area (Å²) in [6.07, 6.45) is 2.39. The minimum Gasteiger partial charge on any atom is -0.469 e. The van der Waals surface area contributed by atoms with Crippen molar-refractivity contribution in [3.05, 3.63) is 15.6 Å². The number of carbonyl (C=O) groups excluding carboxylic acids is 1. The average Bonchev–Trinajstić information content (AvgIpc) is 2.92. The zero-order valence-electron chi connectivity index (χ0n) is 11.2. The highest BCUT2D eigenvalue weighted by Gasteiger charge is 2.24. The number of ether oxygens (including phenoxy) is 1. The fourth-order valence-corrected chi connectivity index (χ4v) is 3.50. The molecule has 1 aliphatic heterocycles. The molecule has 5 heteroatoms. The summed E-state index contributed by atoms with van der Waals surface area (Å²) in [5, 5.41) is 1.23. The maximum absolute atomic E-state index is 11.2. The van der Waals surface area contributed by atoms with E-state index in [1.54, 1.807) is 11.3 Å². The Hall–Kier alpha value is -0.940. The molecule has 18 heavy (non-hydrogen) atoms. The third-order valence-corrected chi connectivity index (χ3v) is 4.81. The van der Waals surface area contributed by atoms with Crippen LogP contribution in [0.5, 0.6) is 0 Å². The lowest BCUT2D eigenvalue weighted by Crippen LogP contribution is -2.13. The number of hydrogen-bond acceptors (Lipinski definition) is 5. The van der Waals surface area contributed by atoms with E-state index >= 15 is 0 Å². The highest BCUT2D eigenvalue weighted by atomic mass is 32.1. The SMILES string of the molecule is COC(=O)CCc1sc(C2CCN(C)C2)nc1C. The van der Waals surface area contributed by atoms with Crippen LogP contribution in [0, 0.1) is 6.92 Å². The number of methoxy groups -OCH3 is 1. The van der Waals surface area contributed by atoms with Gasteiger partial charge in [-0.2, -0.15) is 0 Å². The van der Waals surface area contributed by atoms with Gasteiger partial charge in [-0.1, -0.05) is 0 Å². The number of esters is 1. The molecule has 0 amide bonds. The van der Waals surface area contributed by atoms with E-state index in [9.17, 15) is 4.79 Å². The van der Waals surface area contributed by atoms with Crippen molar-refractivity contribution in [2.24, 2.45) is 0 Å². The van der Waals surface area contributed by atoms with Crippen molar-refractivity contribution in [3.63, 3.8) is 0 Å². The Morgan fingerprint density at radius 3 is 3.00 bits per heavy atom. The Balaban J connectivity index is 2.00. The van der Waals surface area contributed by atoms with Crippen molar-refractivity contribution in [2.75, 3.05) is 27.2 Å². The normalized spacial score (nSPS) is 20.3. The van der Waals surface area contributed by atoms with E-state index in [2.05, 4.69) is 21.7 Å². The fourth-order valence-electron chi connectivity index (χ4n) is 2.31. The van der Waals surface area contributed by atoms with Gasteiger partial charge in [0.15, 0.2) is 0 Å². The van der Waals surface area contributed by atoms with Crippen molar-refractivity contribution in [2.45, 2.75) is 32.1 Å². The maximum atomic E-state index is 11.2. The first kappa shape index (κ1) is 13.5. The third kappa shape index (κ3) is 3.09. The van der Waals surface area contributed by atoms with Crippen molar-refractivity contribution < 1.29 is 9.53 Å². The van der Waals surface area contributed by atoms with Crippen LogP contribution in [0.1, 0.15) is 34.3 Å². The smallest absolute Gasteiger partial charge is 0.305 e. The summed E-state index contributed by atoms with van der Waals surface area (Å²) >= 11 is 1.77. The molecule has 100 valence electrons. The molecule has 1 aromatic heterocycles. The Morgan fingerprint density at radius 2 is 2.39 bits per heavy atom. The molecule has 0 bridgehead atoms. The predicted molar refractivity (Wildman–Crippen MR) is 72.0 cm³/mol. The van der Waals surface area contributed by atoms with Gasteiger partial charge in [0.2, 0.25) is 0 Å². The highest BCUT2D eigenvalue weighted by Crippen LogP contribution is 2.31. The van der Waals surface area contributed by atoms with Crippen LogP contribution in [0.3, 0.4) is 0 Å². The topological polar surface area (TPSA) is 42.4 Å². The van der Waals surface area contributed by atoms with Gasteiger partial charge in [-0.15, -0.1) is 11.3 Å². The molecule has 1 fully saturated rings. The number of nitrogens with zero attached hydrogens (tertiary/aromatic N) is 2. The average molecular weight is 268 g/mol. The number of hydrogen-bond donors (Lipinski definition) is 0. The van der Waals surface area contributed by atoms with Crippen molar-refractivity contribution >= 4 is 17.3 Å². The van der Waals surface area contributed by atoms with Crippen LogP contribution in [-0.4, -0.2) is 43.1 Å². The van der Waals surface area contributed by atoms with E-state index in [1.807, 2.05) is 6.92 Å². The van der Waals surface area contributed by atoms with Gasteiger partial charge in [0.05, 0.1) is 24.2 Å².